The zero-order chi connectivity index (χ0) is 10.4. The molecule has 1 aromatic heterocycles. The summed E-state index contributed by atoms with van der Waals surface area (Å²) in [7, 11) is 0. The van der Waals surface area contributed by atoms with Crippen LogP contribution in [0.5, 0.6) is 0 Å². The minimum atomic E-state index is -0.0932. The summed E-state index contributed by atoms with van der Waals surface area (Å²) in [4.78, 5) is 15.2. The van der Waals surface area contributed by atoms with Gasteiger partial charge in [-0.25, -0.2) is 0 Å². The van der Waals surface area contributed by atoms with Gasteiger partial charge in [0.15, 0.2) is 0 Å². The predicted molar refractivity (Wildman–Crippen MR) is 59.1 cm³/mol. The number of pyridine rings is 1. The molecule has 0 aromatic carbocycles. The van der Waals surface area contributed by atoms with Crippen molar-refractivity contribution in [1.29, 1.82) is 0 Å². The number of alkyl halides is 1. The summed E-state index contributed by atoms with van der Waals surface area (Å²) in [6.07, 6.45) is 4.22. The van der Waals surface area contributed by atoms with Gasteiger partial charge in [0, 0.05) is 18.9 Å². The largest absolute Gasteiger partial charge is 0.351 e. The van der Waals surface area contributed by atoms with E-state index in [0.717, 1.165) is 12.0 Å². The van der Waals surface area contributed by atoms with Crippen LogP contribution in [-0.4, -0.2) is 15.7 Å². The molecule has 4 heteroatoms. The van der Waals surface area contributed by atoms with Gasteiger partial charge >= 0.3 is 0 Å². The minimum absolute atomic E-state index is 0.0318. The molecule has 0 bridgehead atoms. The lowest BCUT2D eigenvalue weighted by atomic mass is 10.2. The molecule has 0 radical (unpaired) electrons. The van der Waals surface area contributed by atoms with Gasteiger partial charge in [0.2, 0.25) is 5.91 Å². The minimum Gasteiger partial charge on any atom is -0.351 e. The summed E-state index contributed by atoms with van der Waals surface area (Å²) in [5.41, 5.74) is 1.06. The van der Waals surface area contributed by atoms with E-state index < -0.39 is 0 Å². The fourth-order valence-corrected chi connectivity index (χ4v) is 1.15. The molecule has 1 heterocycles. The van der Waals surface area contributed by atoms with Crippen LogP contribution < -0.4 is 5.32 Å². The van der Waals surface area contributed by atoms with Crippen molar-refractivity contribution in [3.63, 3.8) is 0 Å². The van der Waals surface area contributed by atoms with E-state index in [0.29, 0.717) is 6.54 Å². The van der Waals surface area contributed by atoms with Crippen LogP contribution in [0.1, 0.15) is 18.9 Å². The Balaban J connectivity index is 2.38. The molecule has 1 rings (SSSR count). The van der Waals surface area contributed by atoms with Gasteiger partial charge in [-0.1, -0.05) is 22.9 Å². The van der Waals surface area contributed by atoms with Gasteiger partial charge in [-0.3, -0.25) is 9.78 Å². The van der Waals surface area contributed by atoms with Crippen molar-refractivity contribution in [2.24, 2.45) is 0 Å². The monoisotopic (exact) mass is 256 g/mol. The topological polar surface area (TPSA) is 42.0 Å². The molecule has 0 saturated heterocycles. The standard InChI is InChI=1S/C10H13BrN2O/c1-2-9(11)10(14)13-7-8-3-5-12-6-4-8/h3-6,9H,2,7H2,1H3,(H,13,14). The molecule has 1 atom stereocenters. The van der Waals surface area contributed by atoms with Gasteiger partial charge in [0.05, 0.1) is 4.83 Å². The van der Waals surface area contributed by atoms with E-state index in [9.17, 15) is 4.79 Å². The van der Waals surface area contributed by atoms with Crippen LogP contribution in [0.2, 0.25) is 0 Å². The quantitative estimate of drug-likeness (QED) is 0.836. The molecule has 0 aliphatic heterocycles. The number of hydrogen-bond donors (Lipinski definition) is 1. The maximum absolute atomic E-state index is 11.4. The Morgan fingerprint density at radius 2 is 2.21 bits per heavy atom. The van der Waals surface area contributed by atoms with E-state index >= 15 is 0 Å². The van der Waals surface area contributed by atoms with Gasteiger partial charge in [-0.2, -0.15) is 0 Å². The fraction of sp³-hybridized carbons (Fsp3) is 0.400. The van der Waals surface area contributed by atoms with Gasteiger partial charge in [0.1, 0.15) is 0 Å². The van der Waals surface area contributed by atoms with Crippen molar-refractivity contribution in [1.82, 2.24) is 10.3 Å². The molecule has 3 nitrogen and oxygen atoms in total. The van der Waals surface area contributed by atoms with Gasteiger partial charge in [-0.05, 0) is 24.1 Å². The number of amides is 1. The second-order valence-corrected chi connectivity index (χ2v) is 4.05. The molecule has 1 amide bonds. The molecule has 0 aliphatic carbocycles. The van der Waals surface area contributed by atoms with Crippen molar-refractivity contribution >= 4 is 21.8 Å². The van der Waals surface area contributed by atoms with Crippen LogP contribution in [-0.2, 0) is 11.3 Å². The molecular weight excluding hydrogens is 244 g/mol. The first-order valence-electron chi connectivity index (χ1n) is 4.54. The van der Waals surface area contributed by atoms with Crippen LogP contribution in [0, 0.1) is 0 Å². The summed E-state index contributed by atoms with van der Waals surface area (Å²) in [5.74, 6) is 0.0318. The van der Waals surface area contributed by atoms with E-state index in [1.54, 1.807) is 12.4 Å². The van der Waals surface area contributed by atoms with Crippen molar-refractivity contribution < 1.29 is 4.79 Å². The first kappa shape index (κ1) is 11.2. The van der Waals surface area contributed by atoms with Crippen LogP contribution in [0.25, 0.3) is 0 Å². The molecular formula is C10H13BrN2O. The Hall–Kier alpha value is -0.900. The van der Waals surface area contributed by atoms with Gasteiger partial charge < -0.3 is 5.32 Å². The number of carbonyl (C=O) groups is 1. The van der Waals surface area contributed by atoms with Crippen molar-refractivity contribution in [3.05, 3.63) is 30.1 Å². The van der Waals surface area contributed by atoms with Crippen LogP contribution in [0.15, 0.2) is 24.5 Å². The molecule has 14 heavy (non-hydrogen) atoms. The summed E-state index contributed by atoms with van der Waals surface area (Å²) < 4.78 is 0. The van der Waals surface area contributed by atoms with Crippen LogP contribution in [0.4, 0.5) is 0 Å². The number of nitrogens with zero attached hydrogens (tertiary/aromatic N) is 1. The molecule has 0 spiro atoms. The van der Waals surface area contributed by atoms with Crippen molar-refractivity contribution in [2.75, 3.05) is 0 Å². The average molecular weight is 257 g/mol. The second-order valence-electron chi connectivity index (χ2n) is 2.95. The highest BCUT2D eigenvalue weighted by atomic mass is 79.9. The third kappa shape index (κ3) is 3.46. The number of carbonyl (C=O) groups excluding carboxylic acids is 1. The maximum atomic E-state index is 11.4. The predicted octanol–water partition coefficient (Wildman–Crippen LogP) is 1.87. The molecule has 1 aromatic rings. The summed E-state index contributed by atoms with van der Waals surface area (Å²) in [6.45, 7) is 2.52. The lowest BCUT2D eigenvalue weighted by Gasteiger charge is -2.08. The van der Waals surface area contributed by atoms with E-state index in [4.69, 9.17) is 0 Å². The highest BCUT2D eigenvalue weighted by Crippen LogP contribution is 2.04. The Labute approximate surface area is 92.1 Å². The first-order chi connectivity index (χ1) is 6.74. The molecule has 0 aliphatic rings. The van der Waals surface area contributed by atoms with E-state index in [2.05, 4.69) is 26.2 Å². The number of rotatable bonds is 4. The van der Waals surface area contributed by atoms with Crippen molar-refractivity contribution in [2.45, 2.75) is 24.7 Å². The lowest BCUT2D eigenvalue weighted by molar-refractivity contribution is -0.120. The third-order valence-corrected chi connectivity index (χ3v) is 2.92. The lowest BCUT2D eigenvalue weighted by Crippen LogP contribution is -2.30. The highest BCUT2D eigenvalue weighted by molar-refractivity contribution is 9.10. The fourth-order valence-electron chi connectivity index (χ4n) is 0.986. The Kier molecular flexibility index (Phi) is 4.59. The zero-order valence-corrected chi connectivity index (χ0v) is 9.62. The Morgan fingerprint density at radius 1 is 1.57 bits per heavy atom. The number of halogens is 1. The smallest absolute Gasteiger partial charge is 0.234 e. The maximum Gasteiger partial charge on any atom is 0.234 e. The normalized spacial score (nSPS) is 12.1. The number of aromatic nitrogens is 1. The molecule has 0 fully saturated rings. The Bertz CT molecular complexity index is 289. The SMILES string of the molecule is CCC(Br)C(=O)NCc1ccncc1. The third-order valence-electron chi connectivity index (χ3n) is 1.86. The zero-order valence-electron chi connectivity index (χ0n) is 8.03. The number of nitrogens with one attached hydrogen (secondary N) is 1. The molecule has 76 valence electrons. The van der Waals surface area contributed by atoms with Gasteiger partial charge in [0.25, 0.3) is 0 Å². The first-order valence-corrected chi connectivity index (χ1v) is 5.46. The van der Waals surface area contributed by atoms with E-state index in [-0.39, 0.29) is 10.7 Å². The van der Waals surface area contributed by atoms with E-state index in [1.807, 2.05) is 19.1 Å². The average Bonchev–Trinajstić information content (AvgIpc) is 2.26. The highest BCUT2D eigenvalue weighted by Gasteiger charge is 2.10. The molecule has 1 N–H and O–H groups in total. The Morgan fingerprint density at radius 3 is 2.79 bits per heavy atom. The number of hydrogen-bond acceptors (Lipinski definition) is 2. The van der Waals surface area contributed by atoms with Crippen LogP contribution in [0.3, 0.4) is 0 Å². The second kappa shape index (κ2) is 5.75. The van der Waals surface area contributed by atoms with Crippen molar-refractivity contribution in [3.8, 4) is 0 Å². The molecule has 0 saturated carbocycles. The summed E-state index contributed by atoms with van der Waals surface area (Å²) in [5, 5.41) is 2.84. The summed E-state index contributed by atoms with van der Waals surface area (Å²) >= 11 is 3.29. The summed E-state index contributed by atoms with van der Waals surface area (Å²) in [6, 6.07) is 3.77. The van der Waals surface area contributed by atoms with Crippen LogP contribution >= 0.6 is 15.9 Å². The van der Waals surface area contributed by atoms with E-state index in [1.165, 1.54) is 0 Å². The molecule has 1 unspecified atom stereocenters. The van der Waals surface area contributed by atoms with Gasteiger partial charge in [-0.15, -0.1) is 0 Å².